The van der Waals surface area contributed by atoms with Crippen molar-refractivity contribution in [2.24, 2.45) is 5.92 Å². The predicted molar refractivity (Wildman–Crippen MR) is 155 cm³/mol. The van der Waals surface area contributed by atoms with Crippen molar-refractivity contribution >= 4 is 28.5 Å². The molecule has 1 aliphatic carbocycles. The molecule has 9 nitrogen and oxygen atoms in total. The number of ether oxygens (including phenoxy) is 1. The van der Waals surface area contributed by atoms with Crippen molar-refractivity contribution in [3.05, 3.63) is 83.7 Å². The molecule has 0 unspecified atom stereocenters. The Kier molecular flexibility index (Phi) is 6.59. The fourth-order valence-corrected chi connectivity index (χ4v) is 6.14. The summed E-state index contributed by atoms with van der Waals surface area (Å²) in [5.41, 5.74) is 4.58. The van der Waals surface area contributed by atoms with Crippen LogP contribution in [0.2, 0.25) is 0 Å². The number of piperazine rings is 1. The van der Waals surface area contributed by atoms with Crippen LogP contribution in [-0.4, -0.2) is 70.3 Å². The van der Waals surface area contributed by atoms with Crippen LogP contribution in [0, 0.1) is 11.3 Å². The maximum absolute atomic E-state index is 13.2. The van der Waals surface area contributed by atoms with Crippen LogP contribution >= 0.6 is 0 Å². The summed E-state index contributed by atoms with van der Waals surface area (Å²) in [4.78, 5) is 27.5. The van der Waals surface area contributed by atoms with Crippen molar-refractivity contribution in [1.29, 1.82) is 5.41 Å². The van der Waals surface area contributed by atoms with E-state index in [4.69, 9.17) is 10.1 Å². The van der Waals surface area contributed by atoms with Gasteiger partial charge in [-0.1, -0.05) is 24.3 Å². The summed E-state index contributed by atoms with van der Waals surface area (Å²) in [6.45, 7) is 5.00. The molecule has 2 N–H and O–H groups in total. The van der Waals surface area contributed by atoms with Crippen molar-refractivity contribution in [1.82, 2.24) is 19.8 Å². The Balaban J connectivity index is 1.04. The van der Waals surface area contributed by atoms with Gasteiger partial charge < -0.3 is 30.0 Å². The molecule has 1 saturated heterocycles. The summed E-state index contributed by atoms with van der Waals surface area (Å²) in [6.07, 6.45) is 6.38. The standard InChI is InChI=1S/C32H34N6O3/c33-30(39)28-8-7-25(17-29(28)41-27-16-23-9-10-34-31(23)35-18-27)37-13-11-36(12-14-37)20-26-15-22-3-1-2-4-24(22)19-38(26)32(40)21-5-6-21/h1-4,7-10,16-18,21,26H,5-6,11-15,19-20H2,(H2,33,39)(H,34,35)/p-1/t26-/m1/s1. The highest BCUT2D eigenvalue weighted by atomic mass is 16.5. The zero-order chi connectivity index (χ0) is 27.9. The minimum atomic E-state index is -0.786. The first-order valence-corrected chi connectivity index (χ1v) is 14.4. The number of carbonyl (C=O) groups is 1. The van der Waals surface area contributed by atoms with Gasteiger partial charge in [0.15, 0.2) is 0 Å². The lowest BCUT2D eigenvalue weighted by atomic mass is 9.93. The van der Waals surface area contributed by atoms with Crippen LogP contribution in [0.5, 0.6) is 11.5 Å². The molecule has 1 amide bonds. The summed E-state index contributed by atoms with van der Waals surface area (Å²) in [5.74, 6) is 0.630. The van der Waals surface area contributed by atoms with Crippen LogP contribution in [-0.2, 0) is 17.8 Å². The minimum absolute atomic E-state index is 0.192. The first kappa shape index (κ1) is 25.6. The Morgan fingerprint density at radius 1 is 1.05 bits per heavy atom. The van der Waals surface area contributed by atoms with Gasteiger partial charge in [-0.05, 0) is 60.6 Å². The van der Waals surface area contributed by atoms with Gasteiger partial charge in [-0.3, -0.25) is 9.69 Å². The number of benzene rings is 2. The summed E-state index contributed by atoms with van der Waals surface area (Å²) >= 11 is 0. The average Bonchev–Trinajstić information content (AvgIpc) is 3.74. The highest BCUT2D eigenvalue weighted by molar-refractivity contribution is 5.92. The molecule has 4 aromatic rings. The van der Waals surface area contributed by atoms with E-state index in [0.717, 1.165) is 68.7 Å². The number of hydrogen-bond donors (Lipinski definition) is 2. The summed E-state index contributed by atoms with van der Waals surface area (Å²) in [7, 11) is 0. The number of aromatic nitrogens is 2. The first-order valence-electron chi connectivity index (χ1n) is 14.4. The number of amides is 1. The number of pyridine rings is 1. The Morgan fingerprint density at radius 3 is 2.63 bits per heavy atom. The second-order valence-corrected chi connectivity index (χ2v) is 11.4. The summed E-state index contributed by atoms with van der Waals surface area (Å²) in [5, 5.41) is 20.7. The van der Waals surface area contributed by atoms with E-state index >= 15 is 0 Å². The number of anilines is 1. The Hall–Kier alpha value is -4.37. The van der Waals surface area contributed by atoms with E-state index in [1.54, 1.807) is 12.3 Å². The molecule has 0 bridgehead atoms. The van der Waals surface area contributed by atoms with E-state index in [1.807, 2.05) is 30.5 Å². The number of fused-ring (bicyclic) bond motifs is 2. The van der Waals surface area contributed by atoms with Crippen LogP contribution in [0.4, 0.5) is 5.69 Å². The van der Waals surface area contributed by atoms with Gasteiger partial charge in [0.25, 0.3) is 0 Å². The van der Waals surface area contributed by atoms with Gasteiger partial charge >= 0.3 is 0 Å². The molecule has 1 saturated carbocycles. The third-order valence-electron chi connectivity index (χ3n) is 8.58. The molecule has 1 atom stereocenters. The highest BCUT2D eigenvalue weighted by Crippen LogP contribution is 2.35. The molecule has 2 aromatic heterocycles. The number of nitrogens with zero attached hydrogens (tertiary/aromatic N) is 4. The number of carbonyl (C=O) groups excluding carboxylic acids is 1. The van der Waals surface area contributed by atoms with Gasteiger partial charge in [0.2, 0.25) is 5.91 Å². The Morgan fingerprint density at radius 2 is 1.85 bits per heavy atom. The smallest absolute Gasteiger partial charge is 0.226 e. The highest BCUT2D eigenvalue weighted by Gasteiger charge is 2.39. The second kappa shape index (κ2) is 10.6. The number of H-pyrrole nitrogens is 1. The topological polar surface area (TPSA) is 112 Å². The van der Waals surface area contributed by atoms with Crippen molar-refractivity contribution in [3.63, 3.8) is 0 Å². The van der Waals surface area contributed by atoms with Crippen LogP contribution in [0.1, 0.15) is 29.5 Å². The lowest BCUT2D eigenvalue weighted by molar-refractivity contribution is -0.214. The van der Waals surface area contributed by atoms with Gasteiger partial charge in [0.1, 0.15) is 17.1 Å². The van der Waals surface area contributed by atoms with Gasteiger partial charge in [-0.15, -0.1) is 0 Å². The molecular formula is C32H33N6O3-. The maximum atomic E-state index is 13.2. The third-order valence-corrected chi connectivity index (χ3v) is 8.58. The van der Waals surface area contributed by atoms with Gasteiger partial charge in [-0.2, -0.15) is 0 Å². The normalized spacial score (nSPS) is 19.3. The van der Waals surface area contributed by atoms with Crippen LogP contribution in [0.25, 0.3) is 11.0 Å². The largest absolute Gasteiger partial charge is 0.859 e. The van der Waals surface area contributed by atoms with Crippen LogP contribution in [0.3, 0.4) is 0 Å². The number of hydrogen-bond acceptors (Lipinski definition) is 7. The van der Waals surface area contributed by atoms with Crippen molar-refractivity contribution in [3.8, 4) is 11.5 Å². The van der Waals surface area contributed by atoms with Crippen molar-refractivity contribution < 1.29 is 14.6 Å². The molecule has 4 heterocycles. The average molecular weight is 550 g/mol. The lowest BCUT2D eigenvalue weighted by Gasteiger charge is -2.42. The van der Waals surface area contributed by atoms with Gasteiger partial charge in [0, 0.05) is 80.1 Å². The van der Waals surface area contributed by atoms with Crippen LogP contribution < -0.4 is 14.7 Å². The number of aromatic amines is 1. The maximum Gasteiger partial charge on any atom is 0.226 e. The second-order valence-electron chi connectivity index (χ2n) is 11.4. The SMILES string of the molecule is N=C([O-])c1ccc(N2CCN(C[C@H]3Cc4ccccc4CN3C(=O)C3CC3)CC2)cc1Oc1cnc2[nH]ccc2c1. The molecular weight excluding hydrogens is 516 g/mol. The monoisotopic (exact) mass is 549 g/mol. The molecule has 2 fully saturated rings. The summed E-state index contributed by atoms with van der Waals surface area (Å²) in [6, 6.07) is 17.9. The van der Waals surface area contributed by atoms with E-state index in [0.29, 0.717) is 24.0 Å². The fourth-order valence-electron chi connectivity index (χ4n) is 6.14. The number of rotatable bonds is 7. The molecule has 3 aliphatic rings. The fraction of sp³-hybridized carbons (Fsp3) is 0.344. The summed E-state index contributed by atoms with van der Waals surface area (Å²) < 4.78 is 6.10. The lowest BCUT2D eigenvalue weighted by Crippen LogP contribution is -2.54. The Bertz CT molecular complexity index is 1600. The zero-order valence-corrected chi connectivity index (χ0v) is 22.9. The van der Waals surface area contributed by atoms with E-state index < -0.39 is 5.90 Å². The van der Waals surface area contributed by atoms with Crippen molar-refractivity contribution in [2.45, 2.75) is 31.8 Å². The van der Waals surface area contributed by atoms with E-state index in [2.05, 4.69) is 48.9 Å². The number of nitrogens with one attached hydrogen (secondary N) is 2. The third kappa shape index (κ3) is 5.25. The molecule has 2 aliphatic heterocycles. The molecule has 9 heteroatoms. The molecule has 0 spiro atoms. The first-order chi connectivity index (χ1) is 20.0. The van der Waals surface area contributed by atoms with E-state index in [9.17, 15) is 9.90 Å². The van der Waals surface area contributed by atoms with E-state index in [1.165, 1.54) is 11.1 Å². The van der Waals surface area contributed by atoms with Gasteiger partial charge in [-0.25, -0.2) is 4.98 Å². The van der Waals surface area contributed by atoms with Gasteiger partial charge in [0.05, 0.1) is 6.20 Å². The molecule has 41 heavy (non-hydrogen) atoms. The molecule has 2 aromatic carbocycles. The minimum Gasteiger partial charge on any atom is -0.859 e. The van der Waals surface area contributed by atoms with Crippen LogP contribution in [0.15, 0.2) is 67.0 Å². The zero-order valence-electron chi connectivity index (χ0n) is 22.9. The predicted octanol–water partition coefficient (Wildman–Crippen LogP) is 3.53. The quantitative estimate of drug-likeness (QED) is 0.270. The van der Waals surface area contributed by atoms with Crippen molar-refractivity contribution in [2.75, 3.05) is 37.6 Å². The molecule has 0 radical (unpaired) electrons. The van der Waals surface area contributed by atoms with E-state index in [-0.39, 0.29) is 17.5 Å². The molecule has 7 rings (SSSR count). The Labute approximate surface area is 238 Å². The molecule has 210 valence electrons.